The van der Waals surface area contributed by atoms with E-state index in [1.165, 1.54) is 7.11 Å². The molecule has 0 radical (unpaired) electrons. The molecule has 220 valence electrons. The molecule has 3 rings (SSSR count). The van der Waals surface area contributed by atoms with Crippen LogP contribution in [0.5, 0.6) is 0 Å². The lowest BCUT2D eigenvalue weighted by molar-refractivity contribution is -0.145. The predicted octanol–water partition coefficient (Wildman–Crippen LogP) is 2.22. The lowest BCUT2D eigenvalue weighted by Crippen LogP contribution is -2.59. The Kier molecular flexibility index (Phi) is 11.0. The van der Waals surface area contributed by atoms with Crippen LogP contribution in [0, 0.1) is 11.8 Å². The number of amides is 3. The SMILES string of the molecule is COC(=O)[C@@H](Cc1ccccc1)NC(=O)[C@@H](NC(=O)[C@H](NC(=O)[C@@H](N)Cc1c[nH]c2ccccc12)C(C)C)C(C)C. The third-order valence-corrected chi connectivity index (χ3v) is 7.03. The molecule has 0 saturated carbocycles. The molecule has 3 aromatic rings. The quantitative estimate of drug-likeness (QED) is 0.201. The molecule has 0 saturated heterocycles. The van der Waals surface area contributed by atoms with Gasteiger partial charge in [-0.25, -0.2) is 4.79 Å². The molecule has 0 spiro atoms. The number of aromatic nitrogens is 1. The van der Waals surface area contributed by atoms with Crippen molar-refractivity contribution in [2.24, 2.45) is 17.6 Å². The predicted molar refractivity (Wildman–Crippen MR) is 158 cm³/mol. The van der Waals surface area contributed by atoms with E-state index in [4.69, 9.17) is 10.5 Å². The number of para-hydroxylation sites is 1. The Bertz CT molecular complexity index is 1340. The molecule has 41 heavy (non-hydrogen) atoms. The smallest absolute Gasteiger partial charge is 0.328 e. The summed E-state index contributed by atoms with van der Waals surface area (Å²) < 4.78 is 4.90. The van der Waals surface area contributed by atoms with E-state index < -0.39 is 47.9 Å². The van der Waals surface area contributed by atoms with Gasteiger partial charge < -0.3 is 31.4 Å². The first kappa shape index (κ1) is 31.3. The Morgan fingerprint density at radius 2 is 1.34 bits per heavy atom. The highest BCUT2D eigenvalue weighted by molar-refractivity contribution is 5.94. The number of carbonyl (C=O) groups excluding carboxylic acids is 4. The Morgan fingerprint density at radius 3 is 1.95 bits per heavy atom. The van der Waals surface area contributed by atoms with E-state index in [2.05, 4.69) is 20.9 Å². The molecule has 0 aliphatic heterocycles. The van der Waals surface area contributed by atoms with Crippen molar-refractivity contribution in [3.05, 3.63) is 71.9 Å². The van der Waals surface area contributed by atoms with Gasteiger partial charge in [-0.3, -0.25) is 14.4 Å². The highest BCUT2D eigenvalue weighted by Crippen LogP contribution is 2.19. The fourth-order valence-corrected chi connectivity index (χ4v) is 4.65. The standard InChI is InChI=1S/C31H41N5O5/c1-18(2)26(29(38)34-25(31(40)41-5)15-20-11-7-6-8-12-20)36-30(39)27(19(3)4)35-28(37)23(32)16-21-17-33-24-14-10-9-13-22(21)24/h6-14,17-19,23,25-27,33H,15-16,32H2,1-5H3,(H,34,38)(H,35,37)(H,36,39)/t23-,25+,26-,27+/m0/s1. The van der Waals surface area contributed by atoms with Crippen LogP contribution in [0.1, 0.15) is 38.8 Å². The average Bonchev–Trinajstić information content (AvgIpc) is 3.36. The molecule has 0 bridgehead atoms. The van der Waals surface area contributed by atoms with E-state index in [1.54, 1.807) is 27.7 Å². The molecule has 0 aliphatic carbocycles. The lowest BCUT2D eigenvalue weighted by Gasteiger charge is -2.28. The number of methoxy groups -OCH3 is 1. The first-order chi connectivity index (χ1) is 19.5. The number of benzene rings is 2. The van der Waals surface area contributed by atoms with Crippen LogP contribution in [-0.2, 0) is 36.8 Å². The molecule has 0 aliphatic rings. The summed E-state index contributed by atoms with van der Waals surface area (Å²) in [7, 11) is 1.26. The highest BCUT2D eigenvalue weighted by atomic mass is 16.5. The molecule has 10 heteroatoms. The Labute approximate surface area is 240 Å². The fourth-order valence-electron chi connectivity index (χ4n) is 4.65. The number of nitrogens with two attached hydrogens (primary N) is 1. The number of H-pyrrole nitrogens is 1. The summed E-state index contributed by atoms with van der Waals surface area (Å²) >= 11 is 0. The first-order valence-electron chi connectivity index (χ1n) is 13.8. The Morgan fingerprint density at radius 1 is 0.780 bits per heavy atom. The van der Waals surface area contributed by atoms with Crippen molar-refractivity contribution >= 4 is 34.6 Å². The van der Waals surface area contributed by atoms with Gasteiger partial charge in [-0.15, -0.1) is 0 Å². The summed E-state index contributed by atoms with van der Waals surface area (Å²) in [4.78, 5) is 55.4. The molecule has 1 heterocycles. The van der Waals surface area contributed by atoms with E-state index in [1.807, 2.05) is 60.8 Å². The van der Waals surface area contributed by atoms with Crippen molar-refractivity contribution in [1.29, 1.82) is 0 Å². The van der Waals surface area contributed by atoms with Gasteiger partial charge in [0, 0.05) is 23.5 Å². The van der Waals surface area contributed by atoms with Gasteiger partial charge in [0.2, 0.25) is 17.7 Å². The average molecular weight is 564 g/mol. The number of ether oxygens (including phenoxy) is 1. The number of rotatable bonds is 13. The summed E-state index contributed by atoms with van der Waals surface area (Å²) in [6.07, 6.45) is 2.35. The monoisotopic (exact) mass is 563 g/mol. The van der Waals surface area contributed by atoms with Gasteiger partial charge in [0.1, 0.15) is 18.1 Å². The molecule has 0 fully saturated rings. The Hall–Kier alpha value is -4.18. The van der Waals surface area contributed by atoms with Crippen LogP contribution in [0.4, 0.5) is 0 Å². The summed E-state index contributed by atoms with van der Waals surface area (Å²) in [5.41, 5.74) is 8.94. The normalized spacial score (nSPS) is 14.2. The molecule has 0 unspecified atom stereocenters. The van der Waals surface area contributed by atoms with E-state index >= 15 is 0 Å². The topological polar surface area (TPSA) is 155 Å². The van der Waals surface area contributed by atoms with Gasteiger partial charge in [0.25, 0.3) is 0 Å². The van der Waals surface area contributed by atoms with Crippen LogP contribution in [0.25, 0.3) is 10.9 Å². The van der Waals surface area contributed by atoms with E-state index in [0.717, 1.165) is 22.0 Å². The van der Waals surface area contributed by atoms with Crippen LogP contribution >= 0.6 is 0 Å². The van der Waals surface area contributed by atoms with Crippen molar-refractivity contribution in [3.63, 3.8) is 0 Å². The lowest BCUT2D eigenvalue weighted by atomic mass is 9.98. The zero-order chi connectivity index (χ0) is 30.1. The molecule has 3 amide bonds. The molecular formula is C31H41N5O5. The summed E-state index contributed by atoms with van der Waals surface area (Å²) in [5, 5.41) is 9.26. The van der Waals surface area contributed by atoms with Gasteiger partial charge in [-0.2, -0.15) is 0 Å². The van der Waals surface area contributed by atoms with Crippen molar-refractivity contribution in [2.45, 2.75) is 64.7 Å². The number of hydrogen-bond donors (Lipinski definition) is 5. The second kappa shape index (κ2) is 14.5. The van der Waals surface area contributed by atoms with Gasteiger partial charge in [0.05, 0.1) is 13.2 Å². The minimum atomic E-state index is -0.955. The number of hydrogen-bond acceptors (Lipinski definition) is 6. The van der Waals surface area contributed by atoms with Crippen molar-refractivity contribution in [3.8, 4) is 0 Å². The second-order valence-electron chi connectivity index (χ2n) is 10.9. The summed E-state index contributed by atoms with van der Waals surface area (Å²) in [6.45, 7) is 7.17. The number of carbonyl (C=O) groups is 4. The van der Waals surface area contributed by atoms with E-state index in [0.29, 0.717) is 0 Å². The van der Waals surface area contributed by atoms with Crippen LogP contribution in [0.2, 0.25) is 0 Å². The molecule has 6 N–H and O–H groups in total. The highest BCUT2D eigenvalue weighted by Gasteiger charge is 2.33. The van der Waals surface area contributed by atoms with Gasteiger partial charge >= 0.3 is 5.97 Å². The largest absolute Gasteiger partial charge is 0.467 e. The number of fused-ring (bicyclic) bond motifs is 1. The zero-order valence-electron chi connectivity index (χ0n) is 24.3. The third-order valence-electron chi connectivity index (χ3n) is 7.03. The molecule has 2 aromatic carbocycles. The molecule has 1 aromatic heterocycles. The maximum absolute atomic E-state index is 13.4. The summed E-state index contributed by atoms with van der Waals surface area (Å²) in [5.74, 6) is -2.68. The number of esters is 1. The van der Waals surface area contributed by atoms with Gasteiger partial charge in [-0.05, 0) is 35.4 Å². The number of aromatic amines is 1. The minimum Gasteiger partial charge on any atom is -0.467 e. The Balaban J connectivity index is 1.67. The van der Waals surface area contributed by atoms with Crippen LogP contribution in [0.3, 0.4) is 0 Å². The van der Waals surface area contributed by atoms with Crippen molar-refractivity contribution in [2.75, 3.05) is 7.11 Å². The van der Waals surface area contributed by atoms with Crippen LogP contribution < -0.4 is 21.7 Å². The van der Waals surface area contributed by atoms with E-state index in [-0.39, 0.29) is 24.7 Å². The maximum Gasteiger partial charge on any atom is 0.328 e. The van der Waals surface area contributed by atoms with Crippen molar-refractivity contribution in [1.82, 2.24) is 20.9 Å². The maximum atomic E-state index is 13.4. The van der Waals surface area contributed by atoms with Gasteiger partial charge in [0.15, 0.2) is 0 Å². The fraction of sp³-hybridized carbons (Fsp3) is 0.419. The minimum absolute atomic E-state index is 0.233. The summed E-state index contributed by atoms with van der Waals surface area (Å²) in [6, 6.07) is 13.3. The third kappa shape index (κ3) is 8.40. The second-order valence-corrected chi connectivity index (χ2v) is 10.9. The zero-order valence-corrected chi connectivity index (χ0v) is 24.3. The van der Waals surface area contributed by atoms with Crippen molar-refractivity contribution < 1.29 is 23.9 Å². The number of nitrogens with one attached hydrogen (secondary N) is 4. The first-order valence-corrected chi connectivity index (χ1v) is 13.8. The van der Waals surface area contributed by atoms with Crippen LogP contribution in [0.15, 0.2) is 60.8 Å². The molecular weight excluding hydrogens is 522 g/mol. The van der Waals surface area contributed by atoms with E-state index in [9.17, 15) is 19.2 Å². The molecule has 10 nitrogen and oxygen atoms in total. The molecule has 4 atom stereocenters. The van der Waals surface area contributed by atoms with Gasteiger partial charge in [-0.1, -0.05) is 76.2 Å². The van der Waals surface area contributed by atoms with Crippen LogP contribution in [-0.4, -0.2) is 60.0 Å².